The fourth-order valence-corrected chi connectivity index (χ4v) is 3.87. The normalized spacial score (nSPS) is 17.6. The molecule has 0 spiro atoms. The molecule has 190 valence electrons. The number of aliphatic hydroxyl groups excluding tert-OH is 2. The van der Waals surface area contributed by atoms with Crippen molar-refractivity contribution in [3.8, 4) is 0 Å². The number of hydrogen-bond donors (Lipinski definition) is 4. The van der Waals surface area contributed by atoms with E-state index in [1.54, 1.807) is 12.2 Å². The molecule has 1 fully saturated rings. The maximum atomic E-state index is 12.0. The van der Waals surface area contributed by atoms with Gasteiger partial charge in [0.05, 0.1) is 12.1 Å². The lowest BCUT2D eigenvalue weighted by atomic mass is 10.1. The van der Waals surface area contributed by atoms with Crippen molar-refractivity contribution in [3.05, 3.63) is 24.3 Å². The van der Waals surface area contributed by atoms with E-state index in [0.29, 0.717) is 13.2 Å². The number of rotatable bonds is 22. The van der Waals surface area contributed by atoms with Gasteiger partial charge in [-0.15, -0.1) is 0 Å². The molecule has 0 heterocycles. The van der Waals surface area contributed by atoms with Crippen molar-refractivity contribution in [3.63, 3.8) is 0 Å². The van der Waals surface area contributed by atoms with E-state index in [4.69, 9.17) is 10.2 Å². The quantitative estimate of drug-likeness (QED) is 0.138. The van der Waals surface area contributed by atoms with Gasteiger partial charge in [0.15, 0.2) is 0 Å². The van der Waals surface area contributed by atoms with Crippen LogP contribution in [0.25, 0.3) is 0 Å². The molecule has 1 aliphatic rings. The van der Waals surface area contributed by atoms with Crippen molar-refractivity contribution in [2.45, 2.75) is 121 Å². The Morgan fingerprint density at radius 3 is 1.27 bits per heavy atom. The maximum absolute atomic E-state index is 12.0. The number of allylic oxidation sites excluding steroid dienone is 2. The topological polar surface area (TPSA) is 98.7 Å². The summed E-state index contributed by atoms with van der Waals surface area (Å²) in [4.78, 5) is 24.0. The molecule has 0 aromatic rings. The van der Waals surface area contributed by atoms with Crippen molar-refractivity contribution >= 4 is 11.8 Å². The third-order valence-corrected chi connectivity index (χ3v) is 6.04. The van der Waals surface area contributed by atoms with Gasteiger partial charge in [-0.05, 0) is 57.1 Å². The first-order valence-electron chi connectivity index (χ1n) is 13.3. The summed E-state index contributed by atoms with van der Waals surface area (Å²) in [7, 11) is 0. The van der Waals surface area contributed by atoms with Gasteiger partial charge in [0.25, 0.3) is 0 Å². The number of carbonyl (C=O) groups is 2. The first-order valence-corrected chi connectivity index (χ1v) is 13.3. The zero-order valence-electron chi connectivity index (χ0n) is 20.6. The molecule has 6 heteroatoms. The van der Waals surface area contributed by atoms with Crippen molar-refractivity contribution < 1.29 is 19.8 Å². The second kappa shape index (κ2) is 20.9. The largest absolute Gasteiger partial charge is 0.396 e. The lowest BCUT2D eigenvalue weighted by Crippen LogP contribution is -2.33. The van der Waals surface area contributed by atoms with Gasteiger partial charge in [0, 0.05) is 13.2 Å². The van der Waals surface area contributed by atoms with Crippen LogP contribution in [0.3, 0.4) is 0 Å². The standard InChI is InChI=1S/C27H48N2O4/c30-21-17-13-9-5-1-3-7-11-15-19-26(32)28-24-23-25(24)29-27(33)20-16-12-8-4-2-6-10-14-18-22-31/h15-16,19-20,24-25,30-31H,1-14,17-18,21-23H2,(H,28,32)(H,29,33)/t24-,25+. The van der Waals surface area contributed by atoms with E-state index in [1.807, 2.05) is 12.2 Å². The minimum atomic E-state index is -0.0762. The molecule has 33 heavy (non-hydrogen) atoms. The fraction of sp³-hybridized carbons (Fsp3) is 0.778. The molecule has 0 unspecified atom stereocenters. The summed E-state index contributed by atoms with van der Waals surface area (Å²) in [5, 5.41) is 23.4. The van der Waals surface area contributed by atoms with E-state index in [9.17, 15) is 9.59 Å². The Morgan fingerprint density at radius 2 is 0.909 bits per heavy atom. The number of carbonyl (C=O) groups excluding carboxylic acids is 2. The Kier molecular flexibility index (Phi) is 18.6. The van der Waals surface area contributed by atoms with Crippen molar-refractivity contribution in [2.75, 3.05) is 13.2 Å². The third-order valence-electron chi connectivity index (χ3n) is 6.04. The molecule has 6 nitrogen and oxygen atoms in total. The van der Waals surface area contributed by atoms with Gasteiger partial charge in [-0.3, -0.25) is 9.59 Å². The second-order valence-electron chi connectivity index (χ2n) is 9.24. The average molecular weight is 465 g/mol. The molecule has 4 N–H and O–H groups in total. The molecular weight excluding hydrogens is 416 g/mol. The summed E-state index contributed by atoms with van der Waals surface area (Å²) in [5.41, 5.74) is 0. The van der Waals surface area contributed by atoms with Crippen LogP contribution in [-0.4, -0.2) is 47.3 Å². The molecular formula is C27H48N2O4. The zero-order valence-corrected chi connectivity index (χ0v) is 20.6. The Morgan fingerprint density at radius 1 is 0.576 bits per heavy atom. The summed E-state index contributed by atoms with van der Waals surface area (Å²) in [5.74, 6) is -0.152. The molecule has 1 saturated carbocycles. The Hall–Kier alpha value is -1.66. The minimum absolute atomic E-state index is 0.0456. The van der Waals surface area contributed by atoms with Gasteiger partial charge in [-0.2, -0.15) is 0 Å². The van der Waals surface area contributed by atoms with Crippen LogP contribution in [0.1, 0.15) is 109 Å². The van der Waals surface area contributed by atoms with Gasteiger partial charge >= 0.3 is 0 Å². The molecule has 0 saturated heterocycles. The summed E-state index contributed by atoms with van der Waals surface area (Å²) in [6.45, 7) is 0.596. The molecule has 0 radical (unpaired) electrons. The minimum Gasteiger partial charge on any atom is -0.396 e. The predicted octanol–water partition coefficient (Wildman–Crippen LogP) is 4.70. The lowest BCUT2D eigenvalue weighted by Gasteiger charge is -2.03. The summed E-state index contributed by atoms with van der Waals surface area (Å²) < 4.78 is 0. The van der Waals surface area contributed by atoms with E-state index in [2.05, 4.69) is 10.6 Å². The zero-order chi connectivity index (χ0) is 24.0. The van der Waals surface area contributed by atoms with Crippen LogP contribution in [-0.2, 0) is 9.59 Å². The van der Waals surface area contributed by atoms with Crippen LogP contribution in [0, 0.1) is 0 Å². The monoisotopic (exact) mass is 464 g/mol. The van der Waals surface area contributed by atoms with Gasteiger partial charge in [-0.25, -0.2) is 0 Å². The number of hydrogen-bond acceptors (Lipinski definition) is 4. The summed E-state index contributed by atoms with van der Waals surface area (Å²) in [6, 6.07) is 0.0912. The van der Waals surface area contributed by atoms with E-state index in [0.717, 1.165) is 57.8 Å². The molecule has 0 aromatic carbocycles. The number of amides is 2. The van der Waals surface area contributed by atoms with E-state index in [1.165, 1.54) is 51.4 Å². The van der Waals surface area contributed by atoms with Gasteiger partial charge in [-0.1, -0.05) is 76.4 Å². The SMILES string of the molecule is O=C(C=CCCCCCCCCCO)N[C@H]1C[C@H]1NC(=O)C=CCCCCCCCCCO. The molecule has 1 rings (SSSR count). The van der Waals surface area contributed by atoms with E-state index < -0.39 is 0 Å². The number of unbranched alkanes of at least 4 members (excludes halogenated alkanes) is 14. The highest BCUT2D eigenvalue weighted by Crippen LogP contribution is 2.21. The van der Waals surface area contributed by atoms with E-state index >= 15 is 0 Å². The summed E-state index contributed by atoms with van der Waals surface area (Å²) in [6.07, 6.45) is 25.6. The third kappa shape index (κ3) is 18.5. The summed E-state index contributed by atoms with van der Waals surface area (Å²) >= 11 is 0. The predicted molar refractivity (Wildman–Crippen MR) is 135 cm³/mol. The second-order valence-corrected chi connectivity index (χ2v) is 9.24. The van der Waals surface area contributed by atoms with Gasteiger partial charge in [0.2, 0.25) is 11.8 Å². The Labute approximate surface area is 201 Å². The molecule has 2 amide bonds. The highest BCUT2D eigenvalue weighted by Gasteiger charge is 2.38. The lowest BCUT2D eigenvalue weighted by molar-refractivity contribution is -0.118. The average Bonchev–Trinajstić information content (AvgIpc) is 3.52. The van der Waals surface area contributed by atoms with Crippen LogP contribution >= 0.6 is 0 Å². The van der Waals surface area contributed by atoms with Crippen LogP contribution in [0.4, 0.5) is 0 Å². The maximum Gasteiger partial charge on any atom is 0.243 e. The van der Waals surface area contributed by atoms with Gasteiger partial charge < -0.3 is 20.8 Å². The molecule has 0 aromatic heterocycles. The molecule has 0 bridgehead atoms. The fourth-order valence-electron chi connectivity index (χ4n) is 3.87. The number of aliphatic hydroxyl groups is 2. The van der Waals surface area contributed by atoms with Crippen LogP contribution in [0.15, 0.2) is 24.3 Å². The van der Waals surface area contributed by atoms with Crippen LogP contribution in [0.2, 0.25) is 0 Å². The van der Waals surface area contributed by atoms with Gasteiger partial charge in [0.1, 0.15) is 0 Å². The first-order chi connectivity index (χ1) is 16.2. The van der Waals surface area contributed by atoms with E-state index in [-0.39, 0.29) is 23.9 Å². The molecule has 2 atom stereocenters. The van der Waals surface area contributed by atoms with Crippen molar-refractivity contribution in [2.24, 2.45) is 0 Å². The number of nitrogens with one attached hydrogen (secondary N) is 2. The molecule has 1 aliphatic carbocycles. The molecule has 0 aliphatic heterocycles. The first kappa shape index (κ1) is 29.4. The smallest absolute Gasteiger partial charge is 0.243 e. The highest BCUT2D eigenvalue weighted by molar-refractivity contribution is 5.89. The highest BCUT2D eigenvalue weighted by atomic mass is 16.3. The van der Waals surface area contributed by atoms with Crippen molar-refractivity contribution in [1.29, 1.82) is 0 Å². The van der Waals surface area contributed by atoms with Crippen LogP contribution < -0.4 is 10.6 Å². The van der Waals surface area contributed by atoms with Crippen LogP contribution in [0.5, 0.6) is 0 Å². The Balaban J connectivity index is 1.95. The Bertz CT molecular complexity index is 514. The van der Waals surface area contributed by atoms with Crippen molar-refractivity contribution in [1.82, 2.24) is 10.6 Å².